The van der Waals surface area contributed by atoms with Gasteiger partial charge in [0.1, 0.15) is 27.4 Å². The van der Waals surface area contributed by atoms with Gasteiger partial charge in [0.05, 0.1) is 26.2 Å². The number of methoxy groups -OCH3 is 3. The molecule has 0 fully saturated rings. The van der Waals surface area contributed by atoms with Gasteiger partial charge in [-0.1, -0.05) is 42.5 Å². The van der Waals surface area contributed by atoms with Crippen LogP contribution in [0.3, 0.4) is 0 Å². The predicted octanol–water partition coefficient (Wildman–Crippen LogP) is 2.74. The van der Waals surface area contributed by atoms with Gasteiger partial charge in [-0.2, -0.15) is 0 Å². The summed E-state index contributed by atoms with van der Waals surface area (Å²) in [5.74, 6) is 2.05. The third-order valence-electron chi connectivity index (χ3n) is 5.59. The zero-order valence-corrected chi connectivity index (χ0v) is 23.4. The van der Waals surface area contributed by atoms with E-state index in [1.165, 1.54) is 26.4 Å². The van der Waals surface area contributed by atoms with Crippen molar-refractivity contribution in [2.24, 2.45) is 0 Å². The van der Waals surface area contributed by atoms with Crippen LogP contribution in [-0.2, 0) is 10.1 Å². The lowest BCUT2D eigenvalue weighted by Gasteiger charge is -2.16. The third-order valence-corrected chi connectivity index (χ3v) is 9.11. The molecule has 0 radical (unpaired) electrons. The Morgan fingerprint density at radius 3 is 1.65 bits per heavy atom. The van der Waals surface area contributed by atoms with Gasteiger partial charge in [-0.15, -0.1) is 0 Å². The molecule has 0 N–H and O–H groups in total. The fraction of sp³-hybridized carbons (Fsp3) is 0.103. The van der Waals surface area contributed by atoms with Crippen molar-refractivity contribution in [1.82, 2.24) is 0 Å². The molecule has 5 rings (SSSR count). The highest BCUT2D eigenvalue weighted by Gasteiger charge is 2.16. The molecular weight excluding hydrogens is 603 g/mol. The molecule has 0 amide bonds. The molecule has 8 heteroatoms. The Balaban J connectivity index is 0.000000186. The number of halogens is 1. The zero-order valence-electron chi connectivity index (χ0n) is 20.5. The summed E-state index contributed by atoms with van der Waals surface area (Å²) in [5, 5.41) is 2.85. The summed E-state index contributed by atoms with van der Waals surface area (Å²) in [6.45, 7) is 0. The Hall–Kier alpha value is -3.34. The maximum atomic E-state index is 11.3. The van der Waals surface area contributed by atoms with E-state index in [1.54, 1.807) is 20.3 Å². The first-order valence-electron chi connectivity index (χ1n) is 11.2. The lowest BCUT2D eigenvalue weighted by atomic mass is 10.0. The van der Waals surface area contributed by atoms with Crippen LogP contribution in [0.2, 0.25) is 0 Å². The normalized spacial score (nSPS) is 11.0. The van der Waals surface area contributed by atoms with Crippen molar-refractivity contribution in [3.05, 3.63) is 104 Å². The van der Waals surface area contributed by atoms with Crippen LogP contribution in [0, 0.1) is 7.14 Å². The third kappa shape index (κ3) is 6.15. The van der Waals surface area contributed by atoms with Crippen LogP contribution in [0.4, 0.5) is 0 Å². The number of ether oxygens (including phenoxy) is 3. The van der Waals surface area contributed by atoms with E-state index in [2.05, 4.69) is 42.5 Å². The van der Waals surface area contributed by atoms with Gasteiger partial charge in [0.2, 0.25) is 0 Å². The SMILES string of the molecule is COc1c2ccccc2c(OC)c2cc(S(=O)(=O)[O-])ccc12.COc1ccc([I+]c2ccccc2)cc1. The maximum Gasteiger partial charge on any atom is 0.357 e. The Labute approximate surface area is 226 Å². The molecule has 0 saturated heterocycles. The average molecular weight is 628 g/mol. The summed E-state index contributed by atoms with van der Waals surface area (Å²) in [6.07, 6.45) is 0. The van der Waals surface area contributed by atoms with Gasteiger partial charge in [0.15, 0.2) is 7.14 Å². The summed E-state index contributed by atoms with van der Waals surface area (Å²) in [4.78, 5) is -0.296. The second-order valence-corrected chi connectivity index (χ2v) is 12.2. The summed E-state index contributed by atoms with van der Waals surface area (Å²) in [6, 6.07) is 30.6. The molecule has 5 aromatic carbocycles. The van der Waals surface area contributed by atoms with Gasteiger partial charge < -0.3 is 18.8 Å². The minimum atomic E-state index is -4.54. The maximum absolute atomic E-state index is 11.3. The van der Waals surface area contributed by atoms with Gasteiger partial charge in [-0.25, -0.2) is 8.42 Å². The summed E-state index contributed by atoms with van der Waals surface area (Å²) in [7, 11) is 0.211. The molecule has 0 bridgehead atoms. The van der Waals surface area contributed by atoms with Gasteiger partial charge >= 0.3 is 21.2 Å². The van der Waals surface area contributed by atoms with Crippen molar-refractivity contribution in [2.75, 3.05) is 21.3 Å². The fourth-order valence-electron chi connectivity index (χ4n) is 3.91. The molecule has 5 aromatic rings. The first-order valence-corrected chi connectivity index (χ1v) is 14.8. The molecule has 0 heterocycles. The van der Waals surface area contributed by atoms with E-state index < -0.39 is 10.1 Å². The van der Waals surface area contributed by atoms with E-state index in [-0.39, 0.29) is 26.1 Å². The van der Waals surface area contributed by atoms with Crippen molar-refractivity contribution < 1.29 is 48.4 Å². The van der Waals surface area contributed by atoms with E-state index in [9.17, 15) is 13.0 Å². The van der Waals surface area contributed by atoms with Gasteiger partial charge in [-0.3, -0.25) is 0 Å². The molecule has 0 spiro atoms. The second-order valence-electron chi connectivity index (χ2n) is 7.82. The molecule has 0 aliphatic rings. The molecular formula is C29H25IO6S. The van der Waals surface area contributed by atoms with Crippen LogP contribution in [0.5, 0.6) is 17.2 Å². The summed E-state index contributed by atoms with van der Waals surface area (Å²) in [5.41, 5.74) is 0. The molecule has 0 atom stereocenters. The summed E-state index contributed by atoms with van der Waals surface area (Å²) < 4.78 is 52.7. The molecule has 37 heavy (non-hydrogen) atoms. The quantitative estimate of drug-likeness (QED) is 0.164. The van der Waals surface area contributed by atoms with Crippen LogP contribution in [0.1, 0.15) is 0 Å². The smallest absolute Gasteiger partial charge is 0.357 e. The van der Waals surface area contributed by atoms with Gasteiger partial charge in [0, 0.05) is 21.5 Å². The predicted molar refractivity (Wildman–Crippen MR) is 139 cm³/mol. The van der Waals surface area contributed by atoms with E-state index in [0.717, 1.165) is 16.5 Å². The number of hydrogen-bond donors (Lipinski definition) is 0. The van der Waals surface area contributed by atoms with Gasteiger partial charge in [-0.05, 0) is 54.6 Å². The van der Waals surface area contributed by atoms with Crippen molar-refractivity contribution in [1.29, 1.82) is 0 Å². The topological polar surface area (TPSA) is 84.9 Å². The molecule has 190 valence electrons. The number of rotatable bonds is 6. The Bertz CT molecular complexity index is 1620. The van der Waals surface area contributed by atoms with Crippen molar-refractivity contribution in [2.45, 2.75) is 4.90 Å². The Kier molecular flexibility index (Phi) is 8.52. The zero-order chi connectivity index (χ0) is 26.4. The summed E-state index contributed by atoms with van der Waals surface area (Å²) >= 11 is -0.0449. The van der Waals surface area contributed by atoms with Gasteiger partial charge in [0.25, 0.3) is 0 Å². The molecule has 0 saturated carbocycles. The Morgan fingerprint density at radius 1 is 0.595 bits per heavy atom. The highest BCUT2D eigenvalue weighted by molar-refractivity contribution is 7.85. The van der Waals surface area contributed by atoms with Crippen molar-refractivity contribution in [3.8, 4) is 17.2 Å². The van der Waals surface area contributed by atoms with Crippen LogP contribution in [0.15, 0.2) is 102 Å². The first-order chi connectivity index (χ1) is 17.9. The largest absolute Gasteiger partial charge is 0.744 e. The monoisotopic (exact) mass is 628 g/mol. The highest BCUT2D eigenvalue weighted by atomic mass is 127. The minimum absolute atomic E-state index is 0.0449. The molecule has 0 unspecified atom stereocenters. The molecule has 0 aliphatic heterocycles. The standard InChI is InChI=1S/C16H14O5S.C13H12IO/c1-20-15-11-5-3-4-6-12(11)16(21-2)14-9-10(22(17,18)19)7-8-13(14)15;1-15-13-9-7-12(8-10-13)14-11-5-3-2-4-6-11/h3-9H,1-2H3,(H,17,18,19);2-10H,1H3/q;+1/p-1. The second kappa shape index (κ2) is 11.8. The number of benzene rings is 5. The first kappa shape index (κ1) is 26.7. The van der Waals surface area contributed by atoms with E-state index in [4.69, 9.17) is 14.2 Å². The van der Waals surface area contributed by atoms with E-state index in [1.807, 2.05) is 36.4 Å². The van der Waals surface area contributed by atoms with Crippen LogP contribution in [0.25, 0.3) is 21.5 Å². The average Bonchev–Trinajstić information content (AvgIpc) is 2.92. The van der Waals surface area contributed by atoms with E-state index >= 15 is 0 Å². The lowest BCUT2D eigenvalue weighted by Crippen LogP contribution is -3.61. The van der Waals surface area contributed by atoms with Crippen LogP contribution >= 0.6 is 0 Å². The molecule has 0 aromatic heterocycles. The molecule has 6 nitrogen and oxygen atoms in total. The number of hydrogen-bond acceptors (Lipinski definition) is 6. The highest BCUT2D eigenvalue weighted by Crippen LogP contribution is 2.43. The van der Waals surface area contributed by atoms with Crippen molar-refractivity contribution >= 4 is 31.7 Å². The Morgan fingerprint density at radius 2 is 1.11 bits per heavy atom. The van der Waals surface area contributed by atoms with E-state index in [0.29, 0.717) is 22.3 Å². The van der Waals surface area contributed by atoms with Crippen molar-refractivity contribution in [3.63, 3.8) is 0 Å². The van der Waals surface area contributed by atoms with Crippen LogP contribution < -0.4 is 35.4 Å². The fourth-order valence-corrected chi connectivity index (χ4v) is 6.62. The van der Waals surface area contributed by atoms with Crippen LogP contribution in [-0.4, -0.2) is 34.3 Å². The minimum Gasteiger partial charge on any atom is -0.744 e. The number of fused-ring (bicyclic) bond motifs is 2. The lowest BCUT2D eigenvalue weighted by molar-refractivity contribution is -0.597. The molecule has 0 aliphatic carbocycles.